The number of carbonyl (C=O) groups is 2. The minimum atomic E-state index is -0.531. The second-order valence-electron chi connectivity index (χ2n) is 6.14. The van der Waals surface area contributed by atoms with E-state index >= 15 is 0 Å². The first kappa shape index (κ1) is 18.2. The molecule has 0 saturated carbocycles. The summed E-state index contributed by atoms with van der Waals surface area (Å²) in [6.45, 7) is 6.48. The highest BCUT2D eigenvalue weighted by atomic mass is 32.1. The molecular formula is C19H24N2O2S. The van der Waals surface area contributed by atoms with E-state index in [0.717, 1.165) is 6.42 Å². The van der Waals surface area contributed by atoms with Crippen molar-refractivity contribution in [1.29, 1.82) is 0 Å². The van der Waals surface area contributed by atoms with Crippen LogP contribution in [0.1, 0.15) is 34.6 Å². The van der Waals surface area contributed by atoms with Crippen LogP contribution in [0.15, 0.2) is 41.8 Å². The molecule has 0 aliphatic carbocycles. The van der Waals surface area contributed by atoms with Crippen LogP contribution >= 0.6 is 11.3 Å². The van der Waals surface area contributed by atoms with E-state index in [1.165, 1.54) is 22.5 Å². The van der Waals surface area contributed by atoms with Crippen LogP contribution in [-0.2, 0) is 11.2 Å². The molecule has 24 heavy (non-hydrogen) atoms. The molecule has 2 rings (SSSR count). The Balaban J connectivity index is 1.89. The Morgan fingerprint density at radius 3 is 2.50 bits per heavy atom. The normalized spacial score (nSPS) is 12.0. The maximum atomic E-state index is 12.4. The van der Waals surface area contributed by atoms with Gasteiger partial charge in [-0.1, -0.05) is 44.2 Å². The lowest BCUT2D eigenvalue weighted by molar-refractivity contribution is -0.123. The number of carbonyl (C=O) groups excluding carboxylic acids is 2. The van der Waals surface area contributed by atoms with Crippen LogP contribution in [0.5, 0.6) is 0 Å². The van der Waals surface area contributed by atoms with Gasteiger partial charge in [0.05, 0.1) is 4.88 Å². The summed E-state index contributed by atoms with van der Waals surface area (Å²) in [5.74, 6) is -0.311. The largest absolute Gasteiger partial charge is 0.354 e. The summed E-state index contributed by atoms with van der Waals surface area (Å²) in [7, 11) is 0. The predicted molar refractivity (Wildman–Crippen MR) is 98.3 cm³/mol. The number of rotatable bonds is 7. The first-order valence-corrected chi connectivity index (χ1v) is 9.03. The van der Waals surface area contributed by atoms with Gasteiger partial charge in [-0.3, -0.25) is 9.59 Å². The topological polar surface area (TPSA) is 58.2 Å². The van der Waals surface area contributed by atoms with Gasteiger partial charge in [0.2, 0.25) is 5.91 Å². The van der Waals surface area contributed by atoms with Gasteiger partial charge in [0.15, 0.2) is 0 Å². The zero-order chi connectivity index (χ0) is 17.5. The van der Waals surface area contributed by atoms with Crippen molar-refractivity contribution in [2.24, 2.45) is 5.92 Å². The average Bonchev–Trinajstić information content (AvgIpc) is 3.08. The Labute approximate surface area is 147 Å². The summed E-state index contributed by atoms with van der Waals surface area (Å²) >= 11 is 1.37. The SMILES string of the molecule is Cc1ccccc1CCNC(=O)[C@@H](NC(=O)c1cccs1)C(C)C. The fraction of sp³-hybridized carbons (Fsp3) is 0.368. The lowest BCUT2D eigenvalue weighted by atomic mass is 10.0. The van der Waals surface area contributed by atoms with Gasteiger partial charge < -0.3 is 10.6 Å². The molecule has 0 spiro atoms. The number of hydrogen-bond acceptors (Lipinski definition) is 3. The molecule has 2 aromatic rings. The fourth-order valence-electron chi connectivity index (χ4n) is 2.48. The van der Waals surface area contributed by atoms with E-state index in [2.05, 4.69) is 29.7 Å². The minimum absolute atomic E-state index is 0.0207. The lowest BCUT2D eigenvalue weighted by Gasteiger charge is -2.21. The van der Waals surface area contributed by atoms with Gasteiger partial charge in [0.25, 0.3) is 5.91 Å². The molecule has 1 aromatic heterocycles. The van der Waals surface area contributed by atoms with Crippen LogP contribution in [-0.4, -0.2) is 24.4 Å². The molecule has 0 aliphatic heterocycles. The van der Waals surface area contributed by atoms with Crippen molar-refractivity contribution >= 4 is 23.2 Å². The van der Waals surface area contributed by atoms with Gasteiger partial charge in [-0.25, -0.2) is 0 Å². The van der Waals surface area contributed by atoms with Crippen molar-refractivity contribution in [1.82, 2.24) is 10.6 Å². The van der Waals surface area contributed by atoms with Crippen LogP contribution in [0.3, 0.4) is 0 Å². The summed E-state index contributed by atoms with van der Waals surface area (Å²) in [4.78, 5) is 25.2. The first-order chi connectivity index (χ1) is 11.5. The van der Waals surface area contributed by atoms with Gasteiger partial charge in [-0.2, -0.15) is 0 Å². The maximum Gasteiger partial charge on any atom is 0.262 e. The number of benzene rings is 1. The zero-order valence-electron chi connectivity index (χ0n) is 14.3. The molecule has 2 N–H and O–H groups in total. The van der Waals surface area contributed by atoms with E-state index in [1.807, 2.05) is 37.4 Å². The van der Waals surface area contributed by atoms with Crippen LogP contribution < -0.4 is 10.6 Å². The van der Waals surface area contributed by atoms with Crippen molar-refractivity contribution in [3.8, 4) is 0 Å². The second-order valence-corrected chi connectivity index (χ2v) is 7.09. The highest BCUT2D eigenvalue weighted by Gasteiger charge is 2.24. The molecule has 0 fully saturated rings. The molecule has 4 nitrogen and oxygen atoms in total. The van der Waals surface area contributed by atoms with Gasteiger partial charge >= 0.3 is 0 Å². The molecular weight excluding hydrogens is 320 g/mol. The maximum absolute atomic E-state index is 12.4. The number of aryl methyl sites for hydroxylation is 1. The highest BCUT2D eigenvalue weighted by Crippen LogP contribution is 2.11. The van der Waals surface area contributed by atoms with E-state index in [0.29, 0.717) is 11.4 Å². The summed E-state index contributed by atoms with van der Waals surface area (Å²) in [6.07, 6.45) is 0.780. The summed E-state index contributed by atoms with van der Waals surface area (Å²) in [5, 5.41) is 7.63. The zero-order valence-corrected chi connectivity index (χ0v) is 15.2. The van der Waals surface area contributed by atoms with Crippen molar-refractivity contribution in [2.75, 3.05) is 6.54 Å². The summed E-state index contributed by atoms with van der Waals surface area (Å²) in [6, 6.07) is 11.2. The van der Waals surface area contributed by atoms with E-state index in [4.69, 9.17) is 0 Å². The Morgan fingerprint density at radius 2 is 1.88 bits per heavy atom. The molecule has 5 heteroatoms. The molecule has 1 aromatic carbocycles. The fourth-order valence-corrected chi connectivity index (χ4v) is 3.10. The van der Waals surface area contributed by atoms with Crippen molar-refractivity contribution in [3.05, 3.63) is 57.8 Å². The molecule has 1 atom stereocenters. The predicted octanol–water partition coefficient (Wildman–Crippen LogP) is 3.17. The lowest BCUT2D eigenvalue weighted by Crippen LogP contribution is -2.49. The monoisotopic (exact) mass is 344 g/mol. The number of nitrogens with one attached hydrogen (secondary N) is 2. The molecule has 0 radical (unpaired) electrons. The molecule has 1 heterocycles. The Bertz CT molecular complexity index is 680. The van der Waals surface area contributed by atoms with Crippen molar-refractivity contribution in [2.45, 2.75) is 33.2 Å². The molecule has 0 unspecified atom stereocenters. The van der Waals surface area contributed by atoms with E-state index in [9.17, 15) is 9.59 Å². The highest BCUT2D eigenvalue weighted by molar-refractivity contribution is 7.12. The van der Waals surface area contributed by atoms with E-state index in [1.54, 1.807) is 6.07 Å². The Kier molecular flexibility index (Phi) is 6.55. The molecule has 0 bridgehead atoms. The van der Waals surface area contributed by atoms with Crippen LogP contribution in [0.2, 0.25) is 0 Å². The second kappa shape index (κ2) is 8.64. The summed E-state index contributed by atoms with van der Waals surface area (Å²) in [5.41, 5.74) is 2.44. The quantitative estimate of drug-likeness (QED) is 0.810. The Morgan fingerprint density at radius 1 is 1.12 bits per heavy atom. The van der Waals surface area contributed by atoms with Gasteiger partial charge in [0, 0.05) is 6.54 Å². The molecule has 128 valence electrons. The van der Waals surface area contributed by atoms with Crippen LogP contribution in [0.4, 0.5) is 0 Å². The van der Waals surface area contributed by atoms with Crippen molar-refractivity contribution < 1.29 is 9.59 Å². The standard InChI is InChI=1S/C19H24N2O2S/c1-13(2)17(21-18(22)16-9-6-12-24-16)19(23)20-11-10-15-8-5-4-7-14(15)3/h4-9,12-13,17H,10-11H2,1-3H3,(H,20,23)(H,21,22)/t17-/m0/s1. The first-order valence-electron chi connectivity index (χ1n) is 8.15. The molecule has 0 saturated heterocycles. The van der Waals surface area contributed by atoms with Crippen molar-refractivity contribution in [3.63, 3.8) is 0 Å². The smallest absolute Gasteiger partial charge is 0.262 e. The Hall–Kier alpha value is -2.14. The van der Waals surface area contributed by atoms with Gasteiger partial charge in [0.1, 0.15) is 6.04 Å². The van der Waals surface area contributed by atoms with Crippen LogP contribution in [0, 0.1) is 12.8 Å². The number of amides is 2. The number of hydrogen-bond donors (Lipinski definition) is 2. The number of thiophene rings is 1. The van der Waals surface area contributed by atoms with E-state index < -0.39 is 6.04 Å². The third-order valence-electron chi connectivity index (χ3n) is 3.94. The van der Waals surface area contributed by atoms with E-state index in [-0.39, 0.29) is 17.7 Å². The molecule has 2 amide bonds. The third-order valence-corrected chi connectivity index (χ3v) is 4.80. The molecule has 0 aliphatic rings. The third kappa shape index (κ3) is 4.93. The average molecular weight is 344 g/mol. The van der Waals surface area contributed by atoms with Gasteiger partial charge in [-0.05, 0) is 41.8 Å². The van der Waals surface area contributed by atoms with Crippen LogP contribution in [0.25, 0.3) is 0 Å². The van der Waals surface area contributed by atoms with Gasteiger partial charge in [-0.15, -0.1) is 11.3 Å². The summed E-state index contributed by atoms with van der Waals surface area (Å²) < 4.78 is 0. The minimum Gasteiger partial charge on any atom is -0.354 e.